The Kier molecular flexibility index (Phi) is 6.34. The molecule has 3 aliphatic heterocycles. The van der Waals surface area contributed by atoms with Gasteiger partial charge < -0.3 is 14.2 Å². The van der Waals surface area contributed by atoms with Gasteiger partial charge in [0.25, 0.3) is 5.91 Å². The average Bonchev–Trinajstić information content (AvgIpc) is 3.28. The predicted octanol–water partition coefficient (Wildman–Crippen LogP) is 1.76. The maximum Gasteiger partial charge on any atom is 0.266 e. The molecule has 0 bridgehead atoms. The Morgan fingerprint density at radius 1 is 1.24 bits per heavy atom. The van der Waals surface area contributed by atoms with Crippen LogP contribution in [0.2, 0.25) is 0 Å². The number of amides is 2. The van der Waals surface area contributed by atoms with E-state index in [4.69, 9.17) is 26.4 Å². The first-order chi connectivity index (χ1) is 14.1. The van der Waals surface area contributed by atoms with Crippen LogP contribution in [-0.2, 0) is 14.3 Å². The molecule has 0 unspecified atom stereocenters. The lowest BCUT2D eigenvalue weighted by Crippen LogP contribution is -2.48. The fourth-order valence-electron chi connectivity index (χ4n) is 3.15. The number of carbonyl (C=O) groups excluding carboxylic acids is 2. The highest BCUT2D eigenvalue weighted by atomic mass is 32.2. The smallest absolute Gasteiger partial charge is 0.266 e. The zero-order chi connectivity index (χ0) is 20.2. The molecule has 2 saturated heterocycles. The van der Waals surface area contributed by atoms with Crippen LogP contribution in [0.25, 0.3) is 6.08 Å². The minimum absolute atomic E-state index is 0.0618. The number of morpholine rings is 1. The van der Waals surface area contributed by atoms with Gasteiger partial charge in [-0.3, -0.25) is 19.9 Å². The van der Waals surface area contributed by atoms with E-state index in [9.17, 15) is 9.59 Å². The Hall–Kier alpha value is -2.14. The highest BCUT2D eigenvalue weighted by molar-refractivity contribution is 8.26. The zero-order valence-electron chi connectivity index (χ0n) is 15.7. The van der Waals surface area contributed by atoms with Crippen LogP contribution < -0.4 is 14.9 Å². The number of thiocarbonyl (C=S) groups is 1. The van der Waals surface area contributed by atoms with E-state index in [2.05, 4.69) is 5.43 Å². The van der Waals surface area contributed by atoms with Crippen molar-refractivity contribution in [3.8, 4) is 11.5 Å². The minimum Gasteiger partial charge on any atom is -0.454 e. The van der Waals surface area contributed by atoms with Crippen LogP contribution in [0.3, 0.4) is 0 Å². The fraction of sp³-hybridized carbons (Fsp3) is 0.421. The first kappa shape index (κ1) is 20.1. The van der Waals surface area contributed by atoms with Crippen LogP contribution in [-0.4, -0.2) is 65.7 Å². The molecule has 3 aliphatic rings. The van der Waals surface area contributed by atoms with Crippen molar-refractivity contribution in [2.75, 3.05) is 39.6 Å². The number of nitrogens with zero attached hydrogens (tertiary/aromatic N) is 2. The standard InChI is InChI=1S/C19H21N3O5S2/c23-17(20-21-6-8-25-9-7-21)2-1-5-22-18(24)16(29-19(22)28)11-13-3-4-14-15(10-13)27-12-26-14/h3-4,10-11H,1-2,5-9,12H2,(H,20,23)/b16-11+. The molecule has 29 heavy (non-hydrogen) atoms. The number of carbonyl (C=O) groups is 2. The number of ether oxygens (including phenoxy) is 3. The number of rotatable bonds is 6. The van der Waals surface area contributed by atoms with Crippen molar-refractivity contribution in [2.45, 2.75) is 12.8 Å². The zero-order valence-corrected chi connectivity index (χ0v) is 17.4. The van der Waals surface area contributed by atoms with E-state index in [0.717, 1.165) is 5.56 Å². The van der Waals surface area contributed by atoms with E-state index in [1.54, 1.807) is 11.0 Å². The normalized spacial score (nSPS) is 20.6. The Balaban J connectivity index is 1.29. The Morgan fingerprint density at radius 3 is 2.86 bits per heavy atom. The molecule has 0 atom stereocenters. The van der Waals surface area contributed by atoms with Gasteiger partial charge in [-0.15, -0.1) is 0 Å². The van der Waals surface area contributed by atoms with Gasteiger partial charge in [0.05, 0.1) is 18.1 Å². The van der Waals surface area contributed by atoms with Crippen LogP contribution in [0.5, 0.6) is 11.5 Å². The van der Waals surface area contributed by atoms with Gasteiger partial charge in [0.1, 0.15) is 4.32 Å². The fourth-order valence-corrected chi connectivity index (χ4v) is 4.46. The highest BCUT2D eigenvalue weighted by Crippen LogP contribution is 2.36. The summed E-state index contributed by atoms with van der Waals surface area (Å²) in [5.41, 5.74) is 3.71. The summed E-state index contributed by atoms with van der Waals surface area (Å²) < 4.78 is 16.4. The second-order valence-corrected chi connectivity index (χ2v) is 8.36. The van der Waals surface area contributed by atoms with Gasteiger partial charge >= 0.3 is 0 Å². The van der Waals surface area contributed by atoms with Gasteiger partial charge in [-0.2, -0.15) is 0 Å². The number of benzene rings is 1. The van der Waals surface area contributed by atoms with Gasteiger partial charge in [0.2, 0.25) is 12.7 Å². The number of fused-ring (bicyclic) bond motifs is 1. The summed E-state index contributed by atoms with van der Waals surface area (Å²) in [6.45, 7) is 3.23. The third-order valence-electron chi connectivity index (χ3n) is 4.65. The first-order valence-electron chi connectivity index (χ1n) is 9.37. The molecule has 2 fully saturated rings. The Bertz CT molecular complexity index is 854. The number of hydrogen-bond donors (Lipinski definition) is 1. The molecule has 0 radical (unpaired) electrons. The van der Waals surface area contributed by atoms with Crippen LogP contribution in [0, 0.1) is 0 Å². The summed E-state index contributed by atoms with van der Waals surface area (Å²) in [6.07, 6.45) is 2.67. The Labute approximate surface area is 178 Å². The van der Waals surface area contributed by atoms with E-state index < -0.39 is 0 Å². The van der Waals surface area contributed by atoms with Crippen molar-refractivity contribution in [1.82, 2.24) is 15.3 Å². The SMILES string of the molecule is O=C(CCCN1C(=O)/C(=C\c2ccc3c(c2)OCO3)SC1=S)NN1CCOCC1. The lowest BCUT2D eigenvalue weighted by molar-refractivity contribution is -0.128. The highest BCUT2D eigenvalue weighted by Gasteiger charge is 2.31. The molecule has 0 saturated carbocycles. The lowest BCUT2D eigenvalue weighted by atomic mass is 10.2. The summed E-state index contributed by atoms with van der Waals surface area (Å²) in [6, 6.07) is 5.53. The molecule has 0 aromatic heterocycles. The molecule has 1 aromatic rings. The van der Waals surface area contributed by atoms with Crippen molar-refractivity contribution in [3.63, 3.8) is 0 Å². The molecule has 8 nitrogen and oxygen atoms in total. The Morgan fingerprint density at radius 2 is 2.03 bits per heavy atom. The second kappa shape index (κ2) is 9.12. The van der Waals surface area contributed by atoms with Crippen LogP contribution in [0.15, 0.2) is 23.1 Å². The molecule has 2 amide bonds. The topological polar surface area (TPSA) is 80.3 Å². The molecule has 1 N–H and O–H groups in total. The van der Waals surface area contributed by atoms with E-state index in [1.165, 1.54) is 11.8 Å². The minimum atomic E-state index is -0.133. The lowest BCUT2D eigenvalue weighted by Gasteiger charge is -2.27. The summed E-state index contributed by atoms with van der Waals surface area (Å²) >= 11 is 6.63. The molecule has 3 heterocycles. The molecule has 1 aromatic carbocycles. The van der Waals surface area contributed by atoms with Gasteiger partial charge in [0.15, 0.2) is 11.5 Å². The first-order valence-corrected chi connectivity index (χ1v) is 10.6. The maximum atomic E-state index is 12.7. The van der Waals surface area contributed by atoms with Crippen LogP contribution in [0.4, 0.5) is 0 Å². The molecule has 10 heteroatoms. The molecule has 0 spiro atoms. The predicted molar refractivity (Wildman–Crippen MR) is 112 cm³/mol. The van der Waals surface area contributed by atoms with E-state index in [1.807, 2.05) is 23.2 Å². The molecule has 0 aliphatic carbocycles. The van der Waals surface area contributed by atoms with Gasteiger partial charge in [-0.25, -0.2) is 5.01 Å². The quantitative estimate of drug-likeness (QED) is 0.535. The van der Waals surface area contributed by atoms with Crippen molar-refractivity contribution < 1.29 is 23.8 Å². The van der Waals surface area contributed by atoms with Gasteiger partial charge in [0, 0.05) is 26.1 Å². The van der Waals surface area contributed by atoms with Crippen LogP contribution in [0.1, 0.15) is 18.4 Å². The number of hydrazine groups is 1. The van der Waals surface area contributed by atoms with Gasteiger partial charge in [-0.05, 0) is 30.2 Å². The molecule has 154 valence electrons. The summed E-state index contributed by atoms with van der Waals surface area (Å²) in [5.74, 6) is 1.17. The number of hydrogen-bond acceptors (Lipinski definition) is 8. The molecular weight excluding hydrogens is 414 g/mol. The van der Waals surface area contributed by atoms with Crippen LogP contribution >= 0.6 is 24.0 Å². The molecule has 4 rings (SSSR count). The summed E-state index contributed by atoms with van der Waals surface area (Å²) in [7, 11) is 0. The van der Waals surface area contributed by atoms with E-state index >= 15 is 0 Å². The third-order valence-corrected chi connectivity index (χ3v) is 6.03. The summed E-state index contributed by atoms with van der Waals surface area (Å²) in [4.78, 5) is 26.9. The van der Waals surface area contributed by atoms with E-state index in [-0.39, 0.29) is 18.6 Å². The molecular formula is C19H21N3O5S2. The third kappa shape index (κ3) is 4.89. The maximum absolute atomic E-state index is 12.7. The van der Waals surface area contributed by atoms with E-state index in [0.29, 0.717) is 66.4 Å². The van der Waals surface area contributed by atoms with Crippen molar-refractivity contribution in [1.29, 1.82) is 0 Å². The number of nitrogens with one attached hydrogen (secondary N) is 1. The number of thioether (sulfide) groups is 1. The second-order valence-electron chi connectivity index (χ2n) is 6.68. The van der Waals surface area contributed by atoms with Gasteiger partial charge in [-0.1, -0.05) is 30.0 Å². The van der Waals surface area contributed by atoms with Crippen molar-refractivity contribution in [2.24, 2.45) is 0 Å². The van der Waals surface area contributed by atoms with Crippen molar-refractivity contribution >= 4 is 46.2 Å². The summed E-state index contributed by atoms with van der Waals surface area (Å²) in [5, 5.41) is 1.86. The average molecular weight is 436 g/mol. The van der Waals surface area contributed by atoms with Crippen molar-refractivity contribution in [3.05, 3.63) is 28.7 Å². The monoisotopic (exact) mass is 435 g/mol. The largest absolute Gasteiger partial charge is 0.454 e.